The SMILES string of the molecule is CCC(CC)(CO)CNC(=O)c1cnc2c(cnn2CC(C)C)c1. The van der Waals surface area contributed by atoms with Crippen molar-refractivity contribution in [3.63, 3.8) is 0 Å². The number of nitrogens with one attached hydrogen (secondary N) is 1. The average Bonchev–Trinajstić information content (AvgIpc) is 2.98. The Morgan fingerprint density at radius 3 is 2.62 bits per heavy atom. The van der Waals surface area contributed by atoms with Gasteiger partial charge in [-0.05, 0) is 24.8 Å². The van der Waals surface area contributed by atoms with E-state index < -0.39 is 0 Å². The molecule has 0 fully saturated rings. The van der Waals surface area contributed by atoms with Gasteiger partial charge in [-0.25, -0.2) is 9.67 Å². The van der Waals surface area contributed by atoms with Crippen molar-refractivity contribution < 1.29 is 9.90 Å². The lowest BCUT2D eigenvalue weighted by molar-refractivity contribution is 0.0851. The summed E-state index contributed by atoms with van der Waals surface area (Å²) in [5, 5.41) is 17.7. The molecule has 0 bridgehead atoms. The molecule has 0 atom stereocenters. The minimum absolute atomic E-state index is 0.0690. The maximum atomic E-state index is 12.4. The fraction of sp³-hybridized carbons (Fsp3) is 0.611. The van der Waals surface area contributed by atoms with Crippen LogP contribution in [0.1, 0.15) is 50.9 Å². The number of aromatic nitrogens is 3. The van der Waals surface area contributed by atoms with E-state index in [1.54, 1.807) is 12.4 Å². The first kappa shape index (κ1) is 18.4. The molecule has 0 radical (unpaired) electrons. The predicted octanol–water partition coefficient (Wildman–Crippen LogP) is 2.62. The third-order valence-electron chi connectivity index (χ3n) is 4.74. The highest BCUT2D eigenvalue weighted by molar-refractivity contribution is 5.96. The summed E-state index contributed by atoms with van der Waals surface area (Å²) >= 11 is 0. The van der Waals surface area contributed by atoms with Crippen molar-refractivity contribution in [1.82, 2.24) is 20.1 Å². The van der Waals surface area contributed by atoms with Crippen molar-refractivity contribution in [1.29, 1.82) is 0 Å². The van der Waals surface area contributed by atoms with Gasteiger partial charge in [0.1, 0.15) is 0 Å². The summed E-state index contributed by atoms with van der Waals surface area (Å²) < 4.78 is 1.87. The lowest BCUT2D eigenvalue weighted by Gasteiger charge is -2.29. The molecule has 24 heavy (non-hydrogen) atoms. The van der Waals surface area contributed by atoms with E-state index in [1.165, 1.54) is 0 Å². The summed E-state index contributed by atoms with van der Waals surface area (Å²) in [6.45, 7) is 9.65. The van der Waals surface area contributed by atoms with Crippen LogP contribution in [0.3, 0.4) is 0 Å². The summed E-state index contributed by atoms with van der Waals surface area (Å²) in [6, 6.07) is 1.82. The molecule has 0 spiro atoms. The Labute approximate surface area is 143 Å². The molecule has 6 heteroatoms. The lowest BCUT2D eigenvalue weighted by Crippen LogP contribution is -2.39. The van der Waals surface area contributed by atoms with Gasteiger partial charge >= 0.3 is 0 Å². The largest absolute Gasteiger partial charge is 0.396 e. The van der Waals surface area contributed by atoms with Crippen LogP contribution in [0.4, 0.5) is 0 Å². The Balaban J connectivity index is 2.13. The van der Waals surface area contributed by atoms with Gasteiger partial charge in [-0.2, -0.15) is 5.10 Å². The van der Waals surface area contributed by atoms with E-state index in [9.17, 15) is 9.90 Å². The average molecular weight is 332 g/mol. The second-order valence-corrected chi connectivity index (χ2v) is 6.91. The van der Waals surface area contributed by atoms with Crippen LogP contribution < -0.4 is 5.32 Å². The smallest absolute Gasteiger partial charge is 0.252 e. The molecular formula is C18H28N4O2. The number of aliphatic hydroxyl groups excluding tert-OH is 1. The van der Waals surface area contributed by atoms with Crippen LogP contribution in [-0.4, -0.2) is 38.9 Å². The van der Waals surface area contributed by atoms with Crippen molar-refractivity contribution >= 4 is 16.9 Å². The zero-order valence-corrected chi connectivity index (χ0v) is 15.0. The van der Waals surface area contributed by atoms with Crippen LogP contribution in [0.5, 0.6) is 0 Å². The molecule has 2 rings (SSSR count). The summed E-state index contributed by atoms with van der Waals surface area (Å²) in [7, 11) is 0. The Morgan fingerprint density at radius 2 is 2.04 bits per heavy atom. The van der Waals surface area contributed by atoms with E-state index in [1.807, 2.05) is 24.6 Å². The predicted molar refractivity (Wildman–Crippen MR) is 94.8 cm³/mol. The summed E-state index contributed by atoms with van der Waals surface area (Å²) in [6.07, 6.45) is 4.98. The number of carbonyl (C=O) groups excluding carboxylic acids is 1. The molecule has 6 nitrogen and oxygen atoms in total. The molecule has 2 heterocycles. The van der Waals surface area contributed by atoms with Gasteiger partial charge < -0.3 is 10.4 Å². The van der Waals surface area contributed by atoms with Crippen LogP contribution in [-0.2, 0) is 6.54 Å². The van der Waals surface area contributed by atoms with Crippen LogP contribution in [0.15, 0.2) is 18.5 Å². The number of pyridine rings is 1. The third-order valence-corrected chi connectivity index (χ3v) is 4.74. The van der Waals surface area contributed by atoms with E-state index in [-0.39, 0.29) is 17.9 Å². The van der Waals surface area contributed by atoms with Crippen molar-refractivity contribution in [3.05, 3.63) is 24.0 Å². The Morgan fingerprint density at radius 1 is 1.33 bits per heavy atom. The Bertz CT molecular complexity index is 681. The van der Waals surface area contributed by atoms with Gasteiger partial charge in [-0.3, -0.25) is 4.79 Å². The van der Waals surface area contributed by atoms with Gasteiger partial charge in [0, 0.05) is 30.1 Å². The molecule has 2 aromatic rings. The first-order chi connectivity index (χ1) is 11.4. The zero-order chi connectivity index (χ0) is 17.7. The fourth-order valence-electron chi connectivity index (χ4n) is 2.72. The minimum atomic E-state index is -0.255. The highest BCUT2D eigenvalue weighted by atomic mass is 16.3. The van der Waals surface area contributed by atoms with E-state index in [0.29, 0.717) is 18.0 Å². The number of aliphatic hydroxyl groups is 1. The standard InChI is InChI=1S/C18H28N4O2/c1-5-18(6-2,12-23)11-20-17(24)15-7-14-9-21-22(10-13(3)4)16(14)19-8-15/h7-9,13,23H,5-6,10-12H2,1-4H3,(H,20,24). The van der Waals surface area contributed by atoms with E-state index in [0.717, 1.165) is 30.4 Å². The summed E-state index contributed by atoms with van der Waals surface area (Å²) in [4.78, 5) is 16.8. The normalized spacial score (nSPS) is 12.1. The van der Waals surface area contributed by atoms with Gasteiger partial charge in [0.15, 0.2) is 5.65 Å². The first-order valence-electron chi connectivity index (χ1n) is 8.65. The molecule has 0 aliphatic heterocycles. The molecule has 0 saturated carbocycles. The quantitative estimate of drug-likeness (QED) is 0.779. The number of hydrogen-bond acceptors (Lipinski definition) is 4. The van der Waals surface area contributed by atoms with Gasteiger partial charge in [0.05, 0.1) is 18.4 Å². The highest BCUT2D eigenvalue weighted by Crippen LogP contribution is 2.24. The molecule has 0 saturated heterocycles. The maximum Gasteiger partial charge on any atom is 0.252 e. The molecule has 132 valence electrons. The second-order valence-electron chi connectivity index (χ2n) is 6.91. The van der Waals surface area contributed by atoms with E-state index in [2.05, 4.69) is 29.2 Å². The van der Waals surface area contributed by atoms with Crippen LogP contribution in [0.2, 0.25) is 0 Å². The van der Waals surface area contributed by atoms with Crippen molar-refractivity contribution in [2.75, 3.05) is 13.2 Å². The molecule has 0 unspecified atom stereocenters. The molecule has 0 aromatic carbocycles. The van der Waals surface area contributed by atoms with Gasteiger partial charge in [-0.1, -0.05) is 27.7 Å². The highest BCUT2D eigenvalue weighted by Gasteiger charge is 2.26. The zero-order valence-electron chi connectivity index (χ0n) is 15.0. The number of hydrogen-bond donors (Lipinski definition) is 2. The first-order valence-corrected chi connectivity index (χ1v) is 8.65. The second kappa shape index (κ2) is 7.75. The van der Waals surface area contributed by atoms with Crippen molar-refractivity contribution in [2.45, 2.75) is 47.1 Å². The van der Waals surface area contributed by atoms with Crippen LogP contribution >= 0.6 is 0 Å². The number of amides is 1. The molecule has 0 aliphatic carbocycles. The minimum Gasteiger partial charge on any atom is -0.396 e. The summed E-state index contributed by atoms with van der Waals surface area (Å²) in [5.41, 5.74) is 1.06. The number of carbonyl (C=O) groups is 1. The molecule has 1 amide bonds. The number of fused-ring (bicyclic) bond motifs is 1. The Kier molecular flexibility index (Phi) is 5.94. The third kappa shape index (κ3) is 3.93. The van der Waals surface area contributed by atoms with Crippen LogP contribution in [0, 0.1) is 11.3 Å². The van der Waals surface area contributed by atoms with Gasteiger partial charge in [-0.15, -0.1) is 0 Å². The molecular weight excluding hydrogens is 304 g/mol. The topological polar surface area (TPSA) is 80.0 Å². The molecule has 0 aliphatic rings. The van der Waals surface area contributed by atoms with Crippen molar-refractivity contribution in [3.8, 4) is 0 Å². The Hall–Kier alpha value is -1.95. The molecule has 2 N–H and O–H groups in total. The molecule has 2 aromatic heterocycles. The summed E-state index contributed by atoms with van der Waals surface area (Å²) in [5.74, 6) is 0.313. The lowest BCUT2D eigenvalue weighted by atomic mass is 9.83. The van der Waals surface area contributed by atoms with Crippen LogP contribution in [0.25, 0.3) is 11.0 Å². The number of nitrogens with zero attached hydrogens (tertiary/aromatic N) is 3. The number of rotatable bonds is 8. The van der Waals surface area contributed by atoms with E-state index in [4.69, 9.17) is 0 Å². The monoisotopic (exact) mass is 332 g/mol. The fourth-order valence-corrected chi connectivity index (χ4v) is 2.72. The van der Waals surface area contributed by atoms with Gasteiger partial charge in [0.2, 0.25) is 0 Å². The van der Waals surface area contributed by atoms with Gasteiger partial charge in [0.25, 0.3) is 5.91 Å². The van der Waals surface area contributed by atoms with Crippen molar-refractivity contribution in [2.24, 2.45) is 11.3 Å². The maximum absolute atomic E-state index is 12.4. The van der Waals surface area contributed by atoms with E-state index >= 15 is 0 Å².